The van der Waals surface area contributed by atoms with Crippen LogP contribution in [0.25, 0.3) is 0 Å². The lowest BCUT2D eigenvalue weighted by atomic mass is 9.97. The van der Waals surface area contributed by atoms with Crippen LogP contribution in [0.2, 0.25) is 0 Å². The topological polar surface area (TPSA) is 56.4 Å². The third-order valence-corrected chi connectivity index (χ3v) is 4.00. The highest BCUT2D eigenvalue weighted by atomic mass is 15.2. The third kappa shape index (κ3) is 3.55. The zero-order valence-corrected chi connectivity index (χ0v) is 11.8. The number of amidine groups is 1. The fourth-order valence-corrected chi connectivity index (χ4v) is 2.73. The van der Waals surface area contributed by atoms with Gasteiger partial charge < -0.3 is 15.5 Å². The van der Waals surface area contributed by atoms with E-state index in [-0.39, 0.29) is 11.8 Å². The van der Waals surface area contributed by atoms with E-state index in [1.807, 2.05) is 18.2 Å². The molecule has 0 spiro atoms. The number of rotatable bonds is 5. The van der Waals surface area contributed by atoms with E-state index in [4.69, 9.17) is 11.1 Å². The van der Waals surface area contributed by atoms with E-state index < -0.39 is 0 Å². The van der Waals surface area contributed by atoms with Crippen LogP contribution in [-0.2, 0) is 0 Å². The highest BCUT2D eigenvalue weighted by molar-refractivity contribution is 5.84. The molecule has 4 heteroatoms. The molecule has 0 bridgehead atoms. The summed E-state index contributed by atoms with van der Waals surface area (Å²) in [6.07, 6.45) is 1.20. The zero-order valence-electron chi connectivity index (χ0n) is 11.8. The molecule has 2 unspecified atom stereocenters. The predicted molar refractivity (Wildman–Crippen MR) is 79.6 cm³/mol. The van der Waals surface area contributed by atoms with Crippen LogP contribution in [0.15, 0.2) is 30.3 Å². The van der Waals surface area contributed by atoms with E-state index in [0.29, 0.717) is 6.04 Å². The molecule has 4 nitrogen and oxygen atoms in total. The van der Waals surface area contributed by atoms with Crippen LogP contribution in [-0.4, -0.2) is 55.4 Å². The number of benzene rings is 1. The van der Waals surface area contributed by atoms with E-state index in [0.717, 1.165) is 25.2 Å². The SMILES string of the molecule is CN(C)C1CCN(CC(C(=N)N)c2ccccc2)C1. The van der Waals surface area contributed by atoms with Crippen molar-refractivity contribution in [2.75, 3.05) is 33.7 Å². The van der Waals surface area contributed by atoms with Gasteiger partial charge in [0, 0.05) is 19.1 Å². The summed E-state index contributed by atoms with van der Waals surface area (Å²) in [5.74, 6) is 0.279. The molecular formula is C15H24N4. The lowest BCUT2D eigenvalue weighted by molar-refractivity contribution is 0.267. The molecule has 0 aliphatic carbocycles. The van der Waals surface area contributed by atoms with Crippen LogP contribution in [0.1, 0.15) is 17.9 Å². The van der Waals surface area contributed by atoms with Gasteiger partial charge in [-0.05, 0) is 32.6 Å². The fraction of sp³-hybridized carbons (Fsp3) is 0.533. The molecule has 1 aliphatic rings. The van der Waals surface area contributed by atoms with Gasteiger partial charge in [0.25, 0.3) is 0 Å². The van der Waals surface area contributed by atoms with Gasteiger partial charge in [-0.1, -0.05) is 30.3 Å². The largest absolute Gasteiger partial charge is 0.387 e. The van der Waals surface area contributed by atoms with Gasteiger partial charge in [0.2, 0.25) is 0 Å². The Balaban J connectivity index is 2.01. The summed E-state index contributed by atoms with van der Waals surface area (Å²) in [4.78, 5) is 4.70. The maximum Gasteiger partial charge on any atom is 0.0995 e. The van der Waals surface area contributed by atoms with Gasteiger partial charge in [0.15, 0.2) is 0 Å². The summed E-state index contributed by atoms with van der Waals surface area (Å²) in [6.45, 7) is 3.02. The summed E-state index contributed by atoms with van der Waals surface area (Å²) in [5.41, 5.74) is 6.93. The minimum Gasteiger partial charge on any atom is -0.387 e. The molecule has 104 valence electrons. The Morgan fingerprint density at radius 2 is 2.11 bits per heavy atom. The standard InChI is InChI=1S/C15H24N4/c1-18(2)13-8-9-19(10-13)11-14(15(16)17)12-6-4-3-5-7-12/h3-7,13-14H,8-11H2,1-2H3,(H3,16,17). The second-order valence-corrected chi connectivity index (χ2v) is 5.58. The van der Waals surface area contributed by atoms with Crippen molar-refractivity contribution in [3.05, 3.63) is 35.9 Å². The summed E-state index contributed by atoms with van der Waals surface area (Å²) in [5, 5.41) is 7.83. The molecule has 0 aromatic heterocycles. The number of likely N-dealkylation sites (tertiary alicyclic amines) is 1. The Morgan fingerprint density at radius 3 is 2.63 bits per heavy atom. The Hall–Kier alpha value is -1.39. The quantitative estimate of drug-likeness (QED) is 0.620. The maximum atomic E-state index is 7.83. The van der Waals surface area contributed by atoms with Gasteiger partial charge in [0.1, 0.15) is 0 Å². The number of hydrogen-bond acceptors (Lipinski definition) is 3. The van der Waals surface area contributed by atoms with Gasteiger partial charge >= 0.3 is 0 Å². The normalized spacial score (nSPS) is 21.7. The molecule has 3 N–H and O–H groups in total. The number of nitrogens with zero attached hydrogens (tertiary/aromatic N) is 2. The van der Waals surface area contributed by atoms with Gasteiger partial charge in [-0.3, -0.25) is 5.41 Å². The second kappa shape index (κ2) is 6.17. The fourth-order valence-electron chi connectivity index (χ4n) is 2.73. The molecule has 1 heterocycles. The third-order valence-electron chi connectivity index (χ3n) is 4.00. The first-order valence-electron chi connectivity index (χ1n) is 6.85. The molecule has 1 aliphatic heterocycles. The van der Waals surface area contributed by atoms with E-state index in [1.54, 1.807) is 0 Å². The molecule has 0 saturated carbocycles. The van der Waals surface area contributed by atoms with E-state index in [1.165, 1.54) is 6.42 Å². The van der Waals surface area contributed by atoms with Gasteiger partial charge in [-0.25, -0.2) is 0 Å². The first-order chi connectivity index (χ1) is 9.08. The Labute approximate surface area is 115 Å². The Kier molecular flexibility index (Phi) is 4.56. The summed E-state index contributed by atoms with van der Waals surface area (Å²) >= 11 is 0. The van der Waals surface area contributed by atoms with Crippen LogP contribution in [0.3, 0.4) is 0 Å². The lowest BCUT2D eigenvalue weighted by Gasteiger charge is -2.24. The van der Waals surface area contributed by atoms with Crippen LogP contribution >= 0.6 is 0 Å². The number of hydrogen-bond donors (Lipinski definition) is 2. The number of likely N-dealkylation sites (N-methyl/N-ethyl adjacent to an activating group) is 1. The highest BCUT2D eigenvalue weighted by Gasteiger charge is 2.27. The van der Waals surface area contributed by atoms with Gasteiger partial charge in [-0.2, -0.15) is 0 Å². The zero-order chi connectivity index (χ0) is 13.8. The lowest BCUT2D eigenvalue weighted by Crippen LogP contribution is -2.36. The van der Waals surface area contributed by atoms with Crippen LogP contribution in [0.5, 0.6) is 0 Å². The van der Waals surface area contributed by atoms with Gasteiger partial charge in [-0.15, -0.1) is 0 Å². The monoisotopic (exact) mass is 260 g/mol. The van der Waals surface area contributed by atoms with Crippen molar-refractivity contribution in [2.45, 2.75) is 18.4 Å². The van der Waals surface area contributed by atoms with Crippen LogP contribution in [0.4, 0.5) is 0 Å². The molecule has 1 fully saturated rings. The Bertz CT molecular complexity index is 415. The van der Waals surface area contributed by atoms with E-state index >= 15 is 0 Å². The molecule has 19 heavy (non-hydrogen) atoms. The highest BCUT2D eigenvalue weighted by Crippen LogP contribution is 2.21. The molecule has 1 saturated heterocycles. The molecule has 2 atom stereocenters. The summed E-state index contributed by atoms with van der Waals surface area (Å²) < 4.78 is 0. The van der Waals surface area contributed by atoms with Crippen molar-refractivity contribution in [1.82, 2.24) is 9.80 Å². The predicted octanol–water partition coefficient (Wildman–Crippen LogP) is 1.34. The number of nitrogens with one attached hydrogen (secondary N) is 1. The first kappa shape index (κ1) is 14.0. The van der Waals surface area contributed by atoms with Crippen molar-refractivity contribution >= 4 is 5.84 Å². The molecule has 1 aromatic carbocycles. The van der Waals surface area contributed by atoms with Crippen molar-refractivity contribution in [3.63, 3.8) is 0 Å². The summed E-state index contributed by atoms with van der Waals surface area (Å²) in [6, 6.07) is 10.8. The minimum atomic E-state index is 0.0158. The van der Waals surface area contributed by atoms with Crippen molar-refractivity contribution in [2.24, 2.45) is 5.73 Å². The van der Waals surface area contributed by atoms with Crippen molar-refractivity contribution < 1.29 is 0 Å². The maximum absolute atomic E-state index is 7.83. The molecule has 0 amide bonds. The van der Waals surface area contributed by atoms with Crippen molar-refractivity contribution in [3.8, 4) is 0 Å². The molecule has 2 rings (SSSR count). The van der Waals surface area contributed by atoms with E-state index in [2.05, 4.69) is 36.0 Å². The second-order valence-electron chi connectivity index (χ2n) is 5.58. The molecule has 1 aromatic rings. The first-order valence-corrected chi connectivity index (χ1v) is 6.85. The van der Waals surface area contributed by atoms with Crippen molar-refractivity contribution in [1.29, 1.82) is 5.41 Å². The molecule has 0 radical (unpaired) electrons. The van der Waals surface area contributed by atoms with Crippen LogP contribution in [0, 0.1) is 5.41 Å². The average Bonchev–Trinajstić information content (AvgIpc) is 2.85. The summed E-state index contributed by atoms with van der Waals surface area (Å²) in [7, 11) is 4.27. The molecular weight excluding hydrogens is 236 g/mol. The Morgan fingerprint density at radius 1 is 1.42 bits per heavy atom. The van der Waals surface area contributed by atoms with Gasteiger partial charge in [0.05, 0.1) is 11.8 Å². The number of nitrogens with two attached hydrogens (primary N) is 1. The smallest absolute Gasteiger partial charge is 0.0995 e. The van der Waals surface area contributed by atoms with E-state index in [9.17, 15) is 0 Å². The van der Waals surface area contributed by atoms with Crippen LogP contribution < -0.4 is 5.73 Å². The minimum absolute atomic E-state index is 0.0158. The average molecular weight is 260 g/mol.